The third-order valence-corrected chi connectivity index (χ3v) is 5.08. The van der Waals surface area contributed by atoms with Gasteiger partial charge in [0.2, 0.25) is 11.8 Å². The maximum absolute atomic E-state index is 12.4. The Balaban J connectivity index is 0.00000264. The second-order valence-corrected chi connectivity index (χ2v) is 7.29. The van der Waals surface area contributed by atoms with Gasteiger partial charge in [-0.3, -0.25) is 9.59 Å². The molecule has 2 fully saturated rings. The molecule has 0 spiro atoms. The van der Waals surface area contributed by atoms with E-state index in [0.717, 1.165) is 45.2 Å². The molecule has 2 aliphatic rings. The quantitative estimate of drug-likeness (QED) is 0.799. The summed E-state index contributed by atoms with van der Waals surface area (Å²) in [6.45, 7) is 6.28. The van der Waals surface area contributed by atoms with Gasteiger partial charge in [0.25, 0.3) is 0 Å². The van der Waals surface area contributed by atoms with Crippen molar-refractivity contribution in [2.24, 2.45) is 23.5 Å². The van der Waals surface area contributed by atoms with Gasteiger partial charge in [-0.2, -0.15) is 0 Å². The molecule has 2 rings (SSSR count). The van der Waals surface area contributed by atoms with Crippen molar-refractivity contribution in [1.29, 1.82) is 0 Å². The largest absolute Gasteiger partial charge is 0.353 e. The molecule has 23 heavy (non-hydrogen) atoms. The smallest absolute Gasteiger partial charge is 0.223 e. The summed E-state index contributed by atoms with van der Waals surface area (Å²) in [5.74, 6) is 1.29. The second kappa shape index (κ2) is 9.48. The highest BCUT2D eigenvalue weighted by Crippen LogP contribution is 2.31. The molecule has 5 nitrogen and oxygen atoms in total. The van der Waals surface area contributed by atoms with Crippen molar-refractivity contribution in [2.45, 2.75) is 58.4 Å². The number of hydrogen-bond donors (Lipinski definition) is 2. The molecule has 1 aliphatic heterocycles. The van der Waals surface area contributed by atoms with E-state index in [1.807, 2.05) is 4.90 Å². The first kappa shape index (κ1) is 20.2. The van der Waals surface area contributed by atoms with Gasteiger partial charge < -0.3 is 16.0 Å². The zero-order valence-electron chi connectivity index (χ0n) is 14.4. The van der Waals surface area contributed by atoms with Crippen molar-refractivity contribution in [3.05, 3.63) is 0 Å². The molecule has 2 atom stereocenters. The summed E-state index contributed by atoms with van der Waals surface area (Å²) >= 11 is 0. The Kier molecular flexibility index (Phi) is 8.34. The molecule has 134 valence electrons. The van der Waals surface area contributed by atoms with E-state index in [2.05, 4.69) is 19.2 Å². The monoisotopic (exact) mass is 345 g/mol. The summed E-state index contributed by atoms with van der Waals surface area (Å²) in [6.07, 6.45) is 5.53. The summed E-state index contributed by atoms with van der Waals surface area (Å²) < 4.78 is 0. The molecule has 0 unspecified atom stereocenters. The van der Waals surface area contributed by atoms with E-state index in [-0.39, 0.29) is 36.2 Å². The Morgan fingerprint density at radius 3 is 2.39 bits per heavy atom. The Morgan fingerprint density at radius 2 is 1.83 bits per heavy atom. The van der Waals surface area contributed by atoms with Crippen molar-refractivity contribution in [3.8, 4) is 0 Å². The van der Waals surface area contributed by atoms with Gasteiger partial charge >= 0.3 is 0 Å². The van der Waals surface area contributed by atoms with E-state index >= 15 is 0 Å². The number of amides is 2. The van der Waals surface area contributed by atoms with Gasteiger partial charge in [-0.25, -0.2) is 0 Å². The van der Waals surface area contributed by atoms with E-state index in [0.29, 0.717) is 24.8 Å². The Bertz CT molecular complexity index is 395. The zero-order valence-corrected chi connectivity index (χ0v) is 15.2. The first-order chi connectivity index (χ1) is 10.5. The number of piperidine rings is 1. The summed E-state index contributed by atoms with van der Waals surface area (Å²) in [4.78, 5) is 26.4. The van der Waals surface area contributed by atoms with Crippen LogP contribution in [-0.4, -0.2) is 42.4 Å². The molecule has 1 heterocycles. The summed E-state index contributed by atoms with van der Waals surface area (Å²) in [6, 6.07) is 0.217. The highest BCUT2D eigenvalue weighted by Gasteiger charge is 2.33. The van der Waals surface area contributed by atoms with E-state index in [9.17, 15) is 9.59 Å². The molecule has 0 aromatic carbocycles. The van der Waals surface area contributed by atoms with Crippen LogP contribution < -0.4 is 11.1 Å². The molecular formula is C17H32ClN3O2. The van der Waals surface area contributed by atoms with Crippen LogP contribution >= 0.6 is 12.4 Å². The number of halogens is 1. The maximum Gasteiger partial charge on any atom is 0.223 e. The summed E-state index contributed by atoms with van der Waals surface area (Å²) in [5.41, 5.74) is 5.76. The Labute approximate surface area is 146 Å². The fourth-order valence-corrected chi connectivity index (χ4v) is 3.72. The predicted octanol–water partition coefficient (Wildman–Crippen LogP) is 1.94. The Morgan fingerprint density at radius 1 is 1.17 bits per heavy atom. The predicted molar refractivity (Wildman–Crippen MR) is 94.3 cm³/mol. The van der Waals surface area contributed by atoms with Gasteiger partial charge in [0.05, 0.1) is 0 Å². The lowest BCUT2D eigenvalue weighted by Gasteiger charge is -2.33. The van der Waals surface area contributed by atoms with Gasteiger partial charge in [0.15, 0.2) is 0 Å². The third kappa shape index (κ3) is 5.64. The van der Waals surface area contributed by atoms with Crippen LogP contribution in [0.4, 0.5) is 0 Å². The SMILES string of the molecule is CC(C)CC(=O)N1CCC(NC(=O)[C@@H]2CCC[C@@H]2CN)CC1.Cl. The van der Waals surface area contributed by atoms with Gasteiger partial charge in [-0.15, -0.1) is 12.4 Å². The van der Waals surface area contributed by atoms with Crippen molar-refractivity contribution in [3.63, 3.8) is 0 Å². The van der Waals surface area contributed by atoms with E-state index in [1.165, 1.54) is 0 Å². The van der Waals surface area contributed by atoms with Crippen molar-refractivity contribution in [1.82, 2.24) is 10.2 Å². The highest BCUT2D eigenvalue weighted by atomic mass is 35.5. The minimum absolute atomic E-state index is 0. The van der Waals surface area contributed by atoms with Crippen molar-refractivity contribution < 1.29 is 9.59 Å². The minimum atomic E-state index is 0. The molecule has 1 saturated carbocycles. The normalized spacial score (nSPS) is 25.3. The number of likely N-dealkylation sites (tertiary alicyclic amines) is 1. The fourth-order valence-electron chi connectivity index (χ4n) is 3.72. The molecule has 0 aromatic rings. The van der Waals surface area contributed by atoms with Crippen molar-refractivity contribution >= 4 is 24.2 Å². The lowest BCUT2D eigenvalue weighted by molar-refractivity contribution is -0.133. The maximum atomic E-state index is 12.4. The number of nitrogens with zero attached hydrogens (tertiary/aromatic N) is 1. The van der Waals surface area contributed by atoms with Crippen LogP contribution in [-0.2, 0) is 9.59 Å². The molecular weight excluding hydrogens is 314 g/mol. The van der Waals surface area contributed by atoms with Crippen molar-refractivity contribution in [2.75, 3.05) is 19.6 Å². The number of nitrogens with one attached hydrogen (secondary N) is 1. The summed E-state index contributed by atoms with van der Waals surface area (Å²) in [7, 11) is 0. The van der Waals surface area contributed by atoms with Crippen LogP contribution in [0.2, 0.25) is 0 Å². The molecule has 0 aromatic heterocycles. The van der Waals surface area contributed by atoms with Crippen LogP contribution in [0.3, 0.4) is 0 Å². The van der Waals surface area contributed by atoms with Gasteiger partial charge in [-0.1, -0.05) is 20.3 Å². The standard InChI is InChI=1S/C17H31N3O2.ClH/c1-12(2)10-16(21)20-8-6-14(7-9-20)19-17(22)15-5-3-4-13(15)11-18;/h12-15H,3-11,18H2,1-2H3,(H,19,22);1H/t13-,15-;/m1./s1. The van der Waals surface area contributed by atoms with Crippen LogP contribution in [0.5, 0.6) is 0 Å². The van der Waals surface area contributed by atoms with Gasteiger partial charge in [0, 0.05) is 31.5 Å². The number of rotatable bonds is 5. The number of carbonyl (C=O) groups is 2. The first-order valence-corrected chi connectivity index (χ1v) is 8.79. The minimum Gasteiger partial charge on any atom is -0.353 e. The van der Waals surface area contributed by atoms with E-state index < -0.39 is 0 Å². The average Bonchev–Trinajstić information content (AvgIpc) is 2.95. The average molecular weight is 346 g/mol. The lowest BCUT2D eigenvalue weighted by Crippen LogP contribution is -2.48. The topological polar surface area (TPSA) is 75.4 Å². The molecule has 0 radical (unpaired) electrons. The number of hydrogen-bond acceptors (Lipinski definition) is 3. The second-order valence-electron chi connectivity index (χ2n) is 7.29. The van der Waals surface area contributed by atoms with Gasteiger partial charge in [0.1, 0.15) is 0 Å². The molecule has 2 amide bonds. The van der Waals surface area contributed by atoms with Crippen LogP contribution in [0.25, 0.3) is 0 Å². The van der Waals surface area contributed by atoms with Crippen LogP contribution in [0.1, 0.15) is 52.4 Å². The zero-order chi connectivity index (χ0) is 16.1. The van der Waals surface area contributed by atoms with Crippen LogP contribution in [0.15, 0.2) is 0 Å². The molecule has 6 heteroatoms. The third-order valence-electron chi connectivity index (χ3n) is 5.08. The van der Waals surface area contributed by atoms with Gasteiger partial charge in [-0.05, 0) is 44.1 Å². The first-order valence-electron chi connectivity index (χ1n) is 8.79. The summed E-state index contributed by atoms with van der Waals surface area (Å²) in [5, 5.41) is 3.19. The van der Waals surface area contributed by atoms with Crippen LogP contribution in [0, 0.1) is 17.8 Å². The number of carbonyl (C=O) groups excluding carboxylic acids is 2. The molecule has 1 aliphatic carbocycles. The molecule has 0 bridgehead atoms. The fraction of sp³-hybridized carbons (Fsp3) is 0.882. The Hall–Kier alpha value is -0.810. The highest BCUT2D eigenvalue weighted by molar-refractivity contribution is 5.85. The molecule has 3 N–H and O–H groups in total. The van der Waals surface area contributed by atoms with E-state index in [4.69, 9.17) is 5.73 Å². The lowest BCUT2D eigenvalue weighted by atomic mass is 9.94. The molecule has 1 saturated heterocycles. The van der Waals surface area contributed by atoms with E-state index in [1.54, 1.807) is 0 Å². The number of nitrogens with two attached hydrogens (primary N) is 1.